The van der Waals surface area contributed by atoms with Crippen LogP contribution in [-0.2, 0) is 4.57 Å². The molecule has 0 aliphatic carbocycles. The smallest absolute Gasteiger partial charge is 0.507 e. The fourth-order valence-electron chi connectivity index (χ4n) is 4.18. The molecule has 3 aromatic rings. The van der Waals surface area contributed by atoms with Gasteiger partial charge in [0.05, 0.1) is 11.1 Å². The molecular weight excluding hydrogens is 471 g/mol. The second-order valence-corrected chi connectivity index (χ2v) is 9.54. The van der Waals surface area contributed by atoms with E-state index >= 15 is 0 Å². The summed E-state index contributed by atoms with van der Waals surface area (Å²) in [5.74, 6) is -1.74. The van der Waals surface area contributed by atoms with Crippen molar-refractivity contribution in [1.29, 1.82) is 0 Å². The van der Waals surface area contributed by atoms with Gasteiger partial charge < -0.3 is 24.1 Å². The van der Waals surface area contributed by atoms with Crippen molar-refractivity contribution in [2.45, 2.75) is 18.4 Å². The third kappa shape index (κ3) is 4.55. The van der Waals surface area contributed by atoms with E-state index in [2.05, 4.69) is 4.52 Å². The number of aromatic hydroxyl groups is 1. The van der Waals surface area contributed by atoms with Gasteiger partial charge in [0.25, 0.3) is 0 Å². The van der Waals surface area contributed by atoms with Gasteiger partial charge in [-0.1, -0.05) is 23.7 Å². The molecule has 1 aliphatic heterocycles. The van der Waals surface area contributed by atoms with E-state index in [1.165, 1.54) is 0 Å². The Morgan fingerprint density at radius 3 is 2.64 bits per heavy atom. The number of phosphoric acid groups is 1. The molecule has 4 N–H and O–H groups in total. The molecule has 1 saturated heterocycles. The van der Waals surface area contributed by atoms with E-state index in [0.29, 0.717) is 25.1 Å². The fraction of sp³-hybridized carbons (Fsp3) is 0.286. The average molecular weight is 492 g/mol. The lowest BCUT2D eigenvalue weighted by atomic mass is 9.84. The molecule has 0 bridgehead atoms. The highest BCUT2D eigenvalue weighted by Gasteiger charge is 2.34. The predicted molar refractivity (Wildman–Crippen MR) is 124 cm³/mol. The van der Waals surface area contributed by atoms with E-state index in [4.69, 9.17) is 23.9 Å². The number of aliphatic hydroxyl groups excluding tert-OH is 1. The fourth-order valence-corrected chi connectivity index (χ4v) is 4.80. The van der Waals surface area contributed by atoms with Crippen LogP contribution in [0.25, 0.3) is 22.3 Å². The van der Waals surface area contributed by atoms with Crippen molar-refractivity contribution in [2.75, 3.05) is 20.1 Å². The SMILES string of the molecule is [B]c1c(-c2ccccc2Cl)oc2c(C3CCN(C)CC3O)c(O)cc(OP(=O)(O)O)c2c1=O. The van der Waals surface area contributed by atoms with Crippen molar-refractivity contribution >= 4 is 43.7 Å². The summed E-state index contributed by atoms with van der Waals surface area (Å²) in [5, 5.41) is 21.4. The number of aliphatic hydroxyl groups is 1. The molecule has 172 valence electrons. The van der Waals surface area contributed by atoms with Crippen molar-refractivity contribution in [2.24, 2.45) is 0 Å². The summed E-state index contributed by atoms with van der Waals surface area (Å²) in [6.07, 6.45) is -0.479. The van der Waals surface area contributed by atoms with Crippen LogP contribution in [0.1, 0.15) is 17.9 Å². The summed E-state index contributed by atoms with van der Waals surface area (Å²) < 4.78 is 22.2. The number of piperidine rings is 1. The summed E-state index contributed by atoms with van der Waals surface area (Å²) in [4.78, 5) is 33.9. The second-order valence-electron chi connectivity index (χ2n) is 7.97. The molecule has 2 radical (unpaired) electrons. The highest BCUT2D eigenvalue weighted by Crippen LogP contribution is 2.47. The number of halogens is 1. The molecule has 0 spiro atoms. The third-order valence-corrected chi connectivity index (χ3v) is 6.44. The Bertz CT molecular complexity index is 1340. The lowest BCUT2D eigenvalue weighted by Gasteiger charge is -2.34. The molecule has 2 heterocycles. The van der Waals surface area contributed by atoms with Crippen LogP contribution in [0.15, 0.2) is 39.5 Å². The average Bonchev–Trinajstić information content (AvgIpc) is 2.71. The van der Waals surface area contributed by atoms with E-state index < -0.39 is 36.8 Å². The lowest BCUT2D eigenvalue weighted by molar-refractivity contribution is 0.0631. The van der Waals surface area contributed by atoms with Gasteiger partial charge in [0.2, 0.25) is 0 Å². The van der Waals surface area contributed by atoms with Gasteiger partial charge in [-0.15, -0.1) is 0 Å². The van der Waals surface area contributed by atoms with E-state index in [1.807, 2.05) is 11.9 Å². The largest absolute Gasteiger partial charge is 0.524 e. The first kappa shape index (κ1) is 23.8. The van der Waals surface area contributed by atoms with Crippen LogP contribution in [0.3, 0.4) is 0 Å². The normalized spacial score (nSPS) is 19.7. The predicted octanol–water partition coefficient (Wildman–Crippen LogP) is 1.86. The number of hydrogen-bond acceptors (Lipinski definition) is 7. The van der Waals surface area contributed by atoms with Crippen molar-refractivity contribution in [3.8, 4) is 22.8 Å². The van der Waals surface area contributed by atoms with Gasteiger partial charge in [0.1, 0.15) is 36.1 Å². The quantitative estimate of drug-likeness (QED) is 0.318. The van der Waals surface area contributed by atoms with Gasteiger partial charge in [-0.2, -0.15) is 0 Å². The Labute approximate surface area is 194 Å². The molecule has 4 rings (SSSR count). The summed E-state index contributed by atoms with van der Waals surface area (Å²) >= 11 is 6.27. The molecule has 9 nitrogen and oxygen atoms in total. The van der Waals surface area contributed by atoms with Gasteiger partial charge in [-0.05, 0) is 37.6 Å². The molecule has 1 aromatic heterocycles. The van der Waals surface area contributed by atoms with Crippen molar-refractivity contribution in [3.05, 3.63) is 51.1 Å². The van der Waals surface area contributed by atoms with Gasteiger partial charge in [0, 0.05) is 29.7 Å². The van der Waals surface area contributed by atoms with Crippen LogP contribution in [0, 0.1) is 0 Å². The summed E-state index contributed by atoms with van der Waals surface area (Å²) in [7, 11) is 2.80. The monoisotopic (exact) mass is 491 g/mol. The van der Waals surface area contributed by atoms with Gasteiger partial charge in [-0.3, -0.25) is 14.6 Å². The first-order valence-corrected chi connectivity index (χ1v) is 11.9. The van der Waals surface area contributed by atoms with Crippen LogP contribution in [0.4, 0.5) is 0 Å². The maximum atomic E-state index is 13.3. The number of benzene rings is 2. The zero-order valence-electron chi connectivity index (χ0n) is 17.4. The molecular formula is C21H20BClNO8P. The minimum absolute atomic E-state index is 0.0745. The molecule has 2 unspecified atom stereocenters. The molecule has 33 heavy (non-hydrogen) atoms. The number of phenolic OH excluding ortho intramolecular Hbond substituents is 1. The molecule has 0 saturated carbocycles. The van der Waals surface area contributed by atoms with Crippen molar-refractivity contribution in [1.82, 2.24) is 4.90 Å². The minimum atomic E-state index is -5.10. The van der Waals surface area contributed by atoms with Gasteiger partial charge in [-0.25, -0.2) is 4.57 Å². The first-order valence-electron chi connectivity index (χ1n) is 9.96. The topological polar surface area (TPSA) is 141 Å². The summed E-state index contributed by atoms with van der Waals surface area (Å²) in [6.45, 7) is 0.906. The number of rotatable bonds is 4. The standard InChI is InChI=1S/C21H20BClNO8P/c1-24-7-6-11(14(26)9-24)16-13(25)8-15(32-33(28,29)30)17-19(27)18(22)20(31-21(16)17)10-4-2-3-5-12(10)23/h2-5,8,11,14,25-26H,6-7,9H2,1H3,(H2,28,29,30). The molecule has 1 fully saturated rings. The molecule has 2 atom stereocenters. The number of likely N-dealkylation sites (tertiary alicyclic amines) is 1. The van der Waals surface area contributed by atoms with Gasteiger partial charge >= 0.3 is 7.82 Å². The summed E-state index contributed by atoms with van der Waals surface area (Å²) in [5.41, 5.74) is -0.938. The zero-order chi connectivity index (χ0) is 24.1. The number of hydrogen-bond donors (Lipinski definition) is 4. The van der Waals surface area contributed by atoms with Crippen molar-refractivity contribution < 1.29 is 33.5 Å². The molecule has 1 aliphatic rings. The highest BCUT2D eigenvalue weighted by molar-refractivity contribution is 7.46. The summed E-state index contributed by atoms with van der Waals surface area (Å²) in [6, 6.07) is 7.43. The third-order valence-electron chi connectivity index (χ3n) is 5.67. The Kier molecular flexibility index (Phi) is 6.35. The van der Waals surface area contributed by atoms with Crippen LogP contribution < -0.4 is 15.4 Å². The Hall–Kier alpha value is -2.33. The number of phosphoric ester groups is 1. The Morgan fingerprint density at radius 1 is 1.30 bits per heavy atom. The number of phenols is 1. The van der Waals surface area contributed by atoms with Crippen LogP contribution in [-0.4, -0.2) is 59.0 Å². The molecule has 12 heteroatoms. The van der Waals surface area contributed by atoms with Gasteiger partial charge in [0.15, 0.2) is 5.43 Å². The first-order chi connectivity index (χ1) is 15.5. The Morgan fingerprint density at radius 2 is 2.00 bits per heavy atom. The molecule has 0 amide bonds. The lowest BCUT2D eigenvalue weighted by Crippen LogP contribution is -2.40. The minimum Gasteiger partial charge on any atom is -0.507 e. The van der Waals surface area contributed by atoms with Crippen LogP contribution in [0.2, 0.25) is 5.02 Å². The van der Waals surface area contributed by atoms with Crippen molar-refractivity contribution in [3.63, 3.8) is 0 Å². The van der Waals surface area contributed by atoms with E-state index in [-0.39, 0.29) is 32.8 Å². The molecule has 2 aromatic carbocycles. The number of β-amino-alcohol motifs (C(OH)–C–C–N with tert-alkyl or cyclic N) is 1. The Balaban J connectivity index is 2.08. The maximum absolute atomic E-state index is 13.3. The number of likely N-dealkylation sites (N-methyl/N-ethyl adjacent to an activating group) is 1. The highest BCUT2D eigenvalue weighted by atomic mass is 35.5. The second kappa shape index (κ2) is 8.79. The van der Waals surface area contributed by atoms with E-state index in [9.17, 15) is 29.4 Å². The van der Waals surface area contributed by atoms with Crippen LogP contribution >= 0.6 is 19.4 Å². The maximum Gasteiger partial charge on any atom is 0.524 e. The van der Waals surface area contributed by atoms with E-state index in [0.717, 1.165) is 6.07 Å². The number of fused-ring (bicyclic) bond motifs is 1. The van der Waals surface area contributed by atoms with E-state index in [1.54, 1.807) is 24.3 Å². The number of nitrogens with zero attached hydrogens (tertiary/aromatic N) is 1. The van der Waals surface area contributed by atoms with Crippen LogP contribution in [0.5, 0.6) is 11.5 Å². The zero-order valence-corrected chi connectivity index (χ0v) is 19.1.